The molecular formula is C42H43N5O10S. The lowest BCUT2D eigenvalue weighted by Crippen LogP contribution is -2.63. The molecule has 10 rings (SSSR count). The molecule has 16 heteroatoms. The molecule has 1 fully saturated rings. The van der Waals surface area contributed by atoms with Crippen molar-refractivity contribution in [3.63, 3.8) is 0 Å². The summed E-state index contributed by atoms with van der Waals surface area (Å²) in [4.78, 5) is 48.4. The number of ether oxygens (including phenoxy) is 5. The summed E-state index contributed by atoms with van der Waals surface area (Å²) in [5.41, 5.74) is 4.05. The molecule has 0 amide bonds. The van der Waals surface area contributed by atoms with Gasteiger partial charge in [-0.05, 0) is 50.7 Å². The number of nitrogens with one attached hydrogen (secondary N) is 2. The summed E-state index contributed by atoms with van der Waals surface area (Å²) < 4.78 is 30.6. The quantitative estimate of drug-likeness (QED) is 0.167. The molecule has 1 spiro atoms. The second kappa shape index (κ2) is 13.8. The predicted octanol–water partition coefficient (Wildman–Crippen LogP) is 4.45. The van der Waals surface area contributed by atoms with Crippen molar-refractivity contribution >= 4 is 40.6 Å². The number of aromatic amines is 1. The van der Waals surface area contributed by atoms with E-state index in [-0.39, 0.29) is 43.5 Å². The Morgan fingerprint density at radius 2 is 1.84 bits per heavy atom. The van der Waals surface area contributed by atoms with Crippen molar-refractivity contribution in [3.8, 4) is 34.8 Å². The molecule has 6 aliphatic rings. The van der Waals surface area contributed by atoms with Crippen LogP contribution >= 0.6 is 11.8 Å². The standard InChI is InChI=1S/C42H43N5O10S/c1-18-11-21-12-22(14-43)47-27-15-54-41(52)42(39-24(13-26(45-42)40(50)51)23-9-7-8-10-25(23)44-39)16-58-38(32(47)31(46(4)5)28(21)33(49)34(18)53-6)30-29(27)37-36(55-17-56-37)19(2)35(30)57-20(3)48/h7-11,22,26-27,31-32,38,44-45,49H,12-13,15-17H2,1-6H3,(H,50,51)/t22-,26+,27-,31+,32?,38+,42-/m1/s1. The molecule has 4 aromatic rings. The number of nitrogens with zero attached hydrogens (tertiary/aromatic N) is 3. The molecule has 0 saturated carbocycles. The number of hydrogen-bond donors (Lipinski definition) is 4. The van der Waals surface area contributed by atoms with Crippen LogP contribution in [0.1, 0.15) is 68.9 Å². The molecule has 7 atom stereocenters. The van der Waals surface area contributed by atoms with Gasteiger partial charge >= 0.3 is 17.9 Å². The molecule has 2 bridgehead atoms. The van der Waals surface area contributed by atoms with Crippen molar-refractivity contribution in [1.29, 1.82) is 5.26 Å². The minimum atomic E-state index is -1.68. The summed E-state index contributed by atoms with van der Waals surface area (Å²) in [5, 5.41) is 37.1. The average Bonchev–Trinajstić information content (AvgIpc) is 3.80. The fourth-order valence-corrected chi connectivity index (χ4v) is 11.8. The predicted molar refractivity (Wildman–Crippen MR) is 210 cm³/mol. The summed E-state index contributed by atoms with van der Waals surface area (Å²) in [5.74, 6) is -1.08. The maximum absolute atomic E-state index is 15.0. The van der Waals surface area contributed by atoms with Gasteiger partial charge in [-0.1, -0.05) is 24.3 Å². The van der Waals surface area contributed by atoms with Crippen molar-refractivity contribution in [2.24, 2.45) is 0 Å². The van der Waals surface area contributed by atoms with Gasteiger partial charge in [0.2, 0.25) is 6.79 Å². The molecule has 7 heterocycles. The maximum atomic E-state index is 15.0. The highest BCUT2D eigenvalue weighted by atomic mass is 32.2. The van der Waals surface area contributed by atoms with Crippen LogP contribution in [-0.4, -0.2) is 101 Å². The highest BCUT2D eigenvalue weighted by Crippen LogP contribution is 2.63. The number of phenolic OH excluding ortho intramolecular Hbond substituents is 1. The number of aromatic hydroxyl groups is 1. The van der Waals surface area contributed by atoms with E-state index in [0.717, 1.165) is 16.5 Å². The number of benzene rings is 3. The number of likely N-dealkylation sites (N-methyl/N-ethyl adjacent to an activating group) is 1. The topological polar surface area (TPSA) is 196 Å². The number of para-hydroxylation sites is 1. The summed E-state index contributed by atoms with van der Waals surface area (Å²) in [6, 6.07) is 7.95. The molecular weight excluding hydrogens is 767 g/mol. The van der Waals surface area contributed by atoms with Crippen LogP contribution in [-0.2, 0) is 37.5 Å². The minimum Gasteiger partial charge on any atom is -0.504 e. The third-order valence-corrected chi connectivity index (χ3v) is 13.9. The minimum absolute atomic E-state index is 0.0427. The SMILES string of the molecule is COc1c(C)cc2c(c1O)[C@H](N(C)C)C1[C@H]3SC[C@]4(N[C@H](C(=O)O)Cc5c4[nH]c4ccccc54)C(=O)OC[C@H](c4c5c(c(C)c(OC(C)=O)c43)OCO5)N1[C@@H](C#N)C2. The fraction of sp³-hybridized carbons (Fsp3) is 0.429. The van der Waals surface area contributed by atoms with Crippen molar-refractivity contribution in [2.75, 3.05) is 40.4 Å². The number of thioether (sulfide) groups is 1. The van der Waals surface area contributed by atoms with Crippen LogP contribution in [0.4, 0.5) is 0 Å². The number of aliphatic carboxylic acids is 1. The Balaban J connectivity index is 1.35. The second-order valence-electron chi connectivity index (χ2n) is 15.8. The molecule has 6 aliphatic heterocycles. The number of phenols is 1. The molecule has 1 aromatic heterocycles. The summed E-state index contributed by atoms with van der Waals surface area (Å²) in [6.07, 6.45) is 0.345. The molecule has 302 valence electrons. The highest BCUT2D eigenvalue weighted by Gasteiger charge is 2.59. The first-order valence-electron chi connectivity index (χ1n) is 19.1. The van der Waals surface area contributed by atoms with Gasteiger partial charge in [0, 0.05) is 64.7 Å². The number of aryl methyl sites for hydroxylation is 1. The highest BCUT2D eigenvalue weighted by molar-refractivity contribution is 7.99. The van der Waals surface area contributed by atoms with Gasteiger partial charge in [0.05, 0.1) is 36.2 Å². The van der Waals surface area contributed by atoms with Gasteiger partial charge in [-0.15, -0.1) is 11.8 Å². The van der Waals surface area contributed by atoms with Crippen LogP contribution in [0.5, 0.6) is 28.7 Å². The number of hydrogen-bond acceptors (Lipinski definition) is 14. The number of fused-ring (bicyclic) bond motifs is 8. The number of carboxylic acids is 1. The maximum Gasteiger partial charge on any atom is 0.333 e. The number of carbonyl (C=O) groups is 3. The molecule has 15 nitrogen and oxygen atoms in total. The van der Waals surface area contributed by atoms with Crippen molar-refractivity contribution in [2.45, 2.75) is 74.6 Å². The largest absolute Gasteiger partial charge is 0.504 e. The van der Waals surface area contributed by atoms with Crippen LogP contribution in [0.25, 0.3) is 10.9 Å². The van der Waals surface area contributed by atoms with Crippen LogP contribution < -0.4 is 24.3 Å². The van der Waals surface area contributed by atoms with E-state index in [0.29, 0.717) is 56.3 Å². The summed E-state index contributed by atoms with van der Waals surface area (Å²) in [7, 11) is 5.31. The third-order valence-electron chi connectivity index (χ3n) is 12.4. The first-order chi connectivity index (χ1) is 27.8. The summed E-state index contributed by atoms with van der Waals surface area (Å²) >= 11 is 1.36. The van der Waals surface area contributed by atoms with E-state index in [1.165, 1.54) is 25.8 Å². The van der Waals surface area contributed by atoms with Gasteiger partial charge in [0.15, 0.2) is 28.5 Å². The lowest BCUT2D eigenvalue weighted by Gasteiger charge is -2.53. The van der Waals surface area contributed by atoms with E-state index in [1.807, 2.05) is 56.3 Å². The lowest BCUT2D eigenvalue weighted by atomic mass is 9.80. The first-order valence-corrected chi connectivity index (χ1v) is 20.1. The second-order valence-corrected chi connectivity index (χ2v) is 16.9. The number of esters is 2. The van der Waals surface area contributed by atoms with E-state index < -0.39 is 58.9 Å². The molecule has 1 saturated heterocycles. The van der Waals surface area contributed by atoms with Gasteiger partial charge in [0.25, 0.3) is 0 Å². The average molecular weight is 810 g/mol. The molecule has 4 N–H and O–H groups in total. The molecule has 0 radical (unpaired) electrons. The Hall–Kier alpha value is -5.47. The molecule has 3 aromatic carbocycles. The van der Waals surface area contributed by atoms with Gasteiger partial charge < -0.3 is 43.8 Å². The van der Waals surface area contributed by atoms with E-state index in [2.05, 4.69) is 21.3 Å². The number of nitriles is 1. The number of carbonyl (C=O) groups excluding carboxylic acids is 2. The number of carboxylic acid groups (broad SMARTS) is 1. The Kier molecular flexibility index (Phi) is 9.08. The number of methoxy groups -OCH3 is 1. The van der Waals surface area contributed by atoms with E-state index in [9.17, 15) is 25.1 Å². The summed E-state index contributed by atoms with van der Waals surface area (Å²) in [6.45, 7) is 4.56. The van der Waals surface area contributed by atoms with Crippen molar-refractivity contribution in [3.05, 3.63) is 75.0 Å². The number of H-pyrrole nitrogens is 1. The van der Waals surface area contributed by atoms with Crippen LogP contribution in [0.3, 0.4) is 0 Å². The Bertz CT molecular complexity index is 2480. The smallest absolute Gasteiger partial charge is 0.333 e. The third kappa shape index (κ3) is 5.40. The van der Waals surface area contributed by atoms with Gasteiger partial charge in [0.1, 0.15) is 24.4 Å². The monoisotopic (exact) mass is 809 g/mol. The van der Waals surface area contributed by atoms with Crippen LogP contribution in [0.15, 0.2) is 30.3 Å². The van der Waals surface area contributed by atoms with E-state index in [1.54, 1.807) is 6.92 Å². The van der Waals surface area contributed by atoms with Crippen LogP contribution in [0, 0.1) is 25.2 Å². The van der Waals surface area contributed by atoms with Gasteiger partial charge in [-0.3, -0.25) is 19.8 Å². The zero-order chi connectivity index (χ0) is 40.9. The lowest BCUT2D eigenvalue weighted by molar-refractivity contribution is -0.156. The van der Waals surface area contributed by atoms with Crippen molar-refractivity contribution < 1.29 is 48.3 Å². The van der Waals surface area contributed by atoms with Crippen LogP contribution in [0.2, 0.25) is 0 Å². The van der Waals surface area contributed by atoms with Crippen molar-refractivity contribution in [1.82, 2.24) is 20.1 Å². The zero-order valence-corrected chi connectivity index (χ0v) is 33.6. The fourth-order valence-electron chi connectivity index (χ4n) is 10.1. The molecule has 0 aliphatic carbocycles. The molecule has 58 heavy (non-hydrogen) atoms. The number of aromatic nitrogens is 1. The Morgan fingerprint density at radius 1 is 1.09 bits per heavy atom. The zero-order valence-electron chi connectivity index (χ0n) is 32.8. The van der Waals surface area contributed by atoms with Gasteiger partial charge in [-0.25, -0.2) is 4.79 Å². The number of rotatable bonds is 4. The first kappa shape index (κ1) is 38.1. The van der Waals surface area contributed by atoms with E-state index in [4.69, 9.17) is 23.7 Å². The molecule has 1 unspecified atom stereocenters. The Labute approximate surface area is 338 Å². The van der Waals surface area contributed by atoms with E-state index >= 15 is 4.79 Å². The van der Waals surface area contributed by atoms with Gasteiger partial charge in [-0.2, -0.15) is 5.26 Å². The Morgan fingerprint density at radius 3 is 2.55 bits per heavy atom. The normalized spacial score (nSPS) is 27.2.